The lowest BCUT2D eigenvalue weighted by Gasteiger charge is -2.30. The van der Waals surface area contributed by atoms with E-state index in [9.17, 15) is 9.59 Å². The van der Waals surface area contributed by atoms with E-state index in [0.717, 1.165) is 0 Å². The molecule has 2 amide bonds. The van der Waals surface area contributed by atoms with Crippen molar-refractivity contribution in [1.29, 1.82) is 0 Å². The van der Waals surface area contributed by atoms with Gasteiger partial charge in [0.1, 0.15) is 0 Å². The normalized spacial score (nSPS) is 18.4. The molecule has 7 nitrogen and oxygen atoms in total. The van der Waals surface area contributed by atoms with Crippen molar-refractivity contribution in [3.8, 4) is 5.88 Å². The first-order valence-corrected chi connectivity index (χ1v) is 6.39. The van der Waals surface area contributed by atoms with Gasteiger partial charge in [-0.3, -0.25) is 4.79 Å². The van der Waals surface area contributed by atoms with E-state index in [2.05, 4.69) is 10.3 Å². The Morgan fingerprint density at radius 3 is 3.05 bits per heavy atom. The van der Waals surface area contributed by atoms with Crippen LogP contribution in [0.1, 0.15) is 12.8 Å². The van der Waals surface area contributed by atoms with Crippen LogP contribution < -0.4 is 10.1 Å². The molecule has 108 valence electrons. The van der Waals surface area contributed by atoms with Crippen LogP contribution in [-0.2, 0) is 4.79 Å². The molecule has 1 aromatic rings. The lowest BCUT2D eigenvalue weighted by Crippen LogP contribution is -2.44. The average Bonchev–Trinajstić information content (AvgIpc) is 2.47. The molecule has 2 N–H and O–H groups in total. The number of nitrogens with one attached hydrogen (secondary N) is 1. The molecule has 1 aliphatic heterocycles. The number of methoxy groups -OCH3 is 1. The number of carbonyl (C=O) groups is 2. The largest absolute Gasteiger partial charge is 0.481 e. The molecule has 1 saturated heterocycles. The van der Waals surface area contributed by atoms with Crippen LogP contribution in [-0.4, -0.2) is 47.2 Å². The van der Waals surface area contributed by atoms with Gasteiger partial charge in [-0.15, -0.1) is 0 Å². The molecular weight excluding hydrogens is 262 g/mol. The Kier molecular flexibility index (Phi) is 4.39. The fourth-order valence-electron chi connectivity index (χ4n) is 2.16. The number of rotatable bonds is 3. The second-order valence-corrected chi connectivity index (χ2v) is 4.64. The molecule has 7 heteroatoms. The first-order chi connectivity index (χ1) is 9.60. The zero-order valence-corrected chi connectivity index (χ0v) is 11.2. The Bertz CT molecular complexity index is 506. The Hall–Kier alpha value is -2.31. The van der Waals surface area contributed by atoms with Crippen molar-refractivity contribution in [3.63, 3.8) is 0 Å². The van der Waals surface area contributed by atoms with Gasteiger partial charge in [0.2, 0.25) is 5.88 Å². The summed E-state index contributed by atoms with van der Waals surface area (Å²) < 4.78 is 4.98. The quantitative estimate of drug-likeness (QED) is 0.873. The molecule has 1 aliphatic rings. The van der Waals surface area contributed by atoms with Crippen LogP contribution in [0.2, 0.25) is 0 Å². The van der Waals surface area contributed by atoms with Gasteiger partial charge in [-0.2, -0.15) is 0 Å². The van der Waals surface area contributed by atoms with Crippen LogP contribution >= 0.6 is 0 Å². The number of nitrogens with zero attached hydrogens (tertiary/aromatic N) is 2. The van der Waals surface area contributed by atoms with Crippen LogP contribution in [0, 0.1) is 5.92 Å². The number of likely N-dealkylation sites (tertiary alicyclic amines) is 1. The smallest absolute Gasteiger partial charge is 0.321 e. The van der Waals surface area contributed by atoms with E-state index in [1.165, 1.54) is 18.2 Å². The third-order valence-corrected chi connectivity index (χ3v) is 3.25. The third kappa shape index (κ3) is 3.37. The Labute approximate surface area is 116 Å². The number of carbonyl (C=O) groups excluding carboxylic acids is 1. The summed E-state index contributed by atoms with van der Waals surface area (Å²) in [6.45, 7) is 0.807. The summed E-state index contributed by atoms with van der Waals surface area (Å²) in [5.74, 6) is -0.931. The molecular formula is C13H17N3O4. The summed E-state index contributed by atoms with van der Waals surface area (Å²) >= 11 is 0. The SMILES string of the molecule is COc1cc(NC(=O)N2CCCC(C(=O)O)C2)ccn1. The van der Waals surface area contributed by atoms with Gasteiger partial charge in [0.25, 0.3) is 0 Å². The van der Waals surface area contributed by atoms with Gasteiger partial charge in [0, 0.05) is 31.0 Å². The van der Waals surface area contributed by atoms with Crippen molar-refractivity contribution in [1.82, 2.24) is 9.88 Å². The zero-order valence-electron chi connectivity index (χ0n) is 11.2. The molecule has 2 rings (SSSR count). The molecule has 1 unspecified atom stereocenters. The number of hydrogen-bond acceptors (Lipinski definition) is 4. The highest BCUT2D eigenvalue weighted by Crippen LogP contribution is 2.19. The molecule has 0 saturated carbocycles. The van der Waals surface area contributed by atoms with Crippen LogP contribution in [0.15, 0.2) is 18.3 Å². The Morgan fingerprint density at radius 1 is 1.55 bits per heavy atom. The number of aliphatic carboxylic acids is 1. The van der Waals surface area contributed by atoms with E-state index < -0.39 is 11.9 Å². The molecule has 0 aromatic carbocycles. The maximum absolute atomic E-state index is 12.1. The van der Waals surface area contributed by atoms with Crippen molar-refractivity contribution < 1.29 is 19.4 Å². The first kappa shape index (κ1) is 14.1. The van der Waals surface area contributed by atoms with Crippen LogP contribution in [0.25, 0.3) is 0 Å². The molecule has 20 heavy (non-hydrogen) atoms. The number of hydrogen-bond donors (Lipinski definition) is 2. The van der Waals surface area contributed by atoms with Gasteiger partial charge in [-0.05, 0) is 18.9 Å². The Morgan fingerprint density at radius 2 is 2.35 bits per heavy atom. The molecule has 0 aliphatic carbocycles. The van der Waals surface area contributed by atoms with Gasteiger partial charge >= 0.3 is 12.0 Å². The zero-order chi connectivity index (χ0) is 14.5. The van der Waals surface area contributed by atoms with Crippen LogP contribution in [0.4, 0.5) is 10.5 Å². The number of aromatic nitrogens is 1. The topological polar surface area (TPSA) is 91.8 Å². The standard InChI is InChI=1S/C13H17N3O4/c1-20-11-7-10(4-5-14-11)15-13(19)16-6-2-3-9(8-16)12(17)18/h4-5,7,9H,2-3,6,8H2,1H3,(H,17,18)(H,14,15,19). The van der Waals surface area contributed by atoms with Crippen molar-refractivity contribution in [2.45, 2.75) is 12.8 Å². The van der Waals surface area contributed by atoms with Crippen LogP contribution in [0.5, 0.6) is 5.88 Å². The highest BCUT2D eigenvalue weighted by atomic mass is 16.5. The summed E-state index contributed by atoms with van der Waals surface area (Å²) in [7, 11) is 1.50. The fourth-order valence-corrected chi connectivity index (χ4v) is 2.16. The number of carboxylic acids is 1. The lowest BCUT2D eigenvalue weighted by molar-refractivity contribution is -0.143. The van der Waals surface area contributed by atoms with Gasteiger partial charge in [-0.25, -0.2) is 9.78 Å². The number of ether oxygens (including phenoxy) is 1. The number of urea groups is 1. The summed E-state index contributed by atoms with van der Waals surface area (Å²) in [6, 6.07) is 2.96. The second-order valence-electron chi connectivity index (χ2n) is 4.64. The molecule has 0 bridgehead atoms. The van der Waals surface area contributed by atoms with Gasteiger partial charge in [0.15, 0.2) is 0 Å². The van der Waals surface area contributed by atoms with E-state index in [0.29, 0.717) is 31.0 Å². The van der Waals surface area contributed by atoms with Crippen molar-refractivity contribution in [2.24, 2.45) is 5.92 Å². The van der Waals surface area contributed by atoms with Crippen molar-refractivity contribution in [2.75, 3.05) is 25.5 Å². The summed E-state index contributed by atoms with van der Waals surface area (Å²) in [5, 5.41) is 11.7. The highest BCUT2D eigenvalue weighted by Gasteiger charge is 2.28. The van der Waals surface area contributed by atoms with E-state index in [4.69, 9.17) is 9.84 Å². The molecule has 2 heterocycles. The number of anilines is 1. The monoisotopic (exact) mass is 279 g/mol. The third-order valence-electron chi connectivity index (χ3n) is 3.25. The van der Waals surface area contributed by atoms with Gasteiger partial charge < -0.3 is 20.1 Å². The van der Waals surface area contributed by atoms with E-state index >= 15 is 0 Å². The second kappa shape index (κ2) is 6.23. The minimum absolute atomic E-state index is 0.239. The van der Waals surface area contributed by atoms with Gasteiger partial charge in [-0.1, -0.05) is 0 Å². The molecule has 1 atom stereocenters. The summed E-state index contributed by atoms with van der Waals surface area (Å²) in [4.78, 5) is 28.5. The van der Waals surface area contributed by atoms with Gasteiger partial charge in [0.05, 0.1) is 13.0 Å². The molecule has 0 spiro atoms. The first-order valence-electron chi connectivity index (χ1n) is 6.39. The van der Waals surface area contributed by atoms with E-state index in [-0.39, 0.29) is 12.6 Å². The fraction of sp³-hybridized carbons (Fsp3) is 0.462. The Balaban J connectivity index is 1.98. The lowest BCUT2D eigenvalue weighted by atomic mass is 9.99. The molecule has 0 radical (unpaired) electrons. The number of carboxylic acid groups (broad SMARTS) is 1. The number of piperidine rings is 1. The van der Waals surface area contributed by atoms with E-state index in [1.807, 2.05) is 0 Å². The average molecular weight is 279 g/mol. The maximum Gasteiger partial charge on any atom is 0.321 e. The summed E-state index contributed by atoms with van der Waals surface area (Å²) in [6.07, 6.45) is 2.84. The van der Waals surface area contributed by atoms with E-state index in [1.54, 1.807) is 12.1 Å². The number of amides is 2. The minimum Gasteiger partial charge on any atom is -0.481 e. The molecule has 1 aromatic heterocycles. The van der Waals surface area contributed by atoms with Crippen molar-refractivity contribution >= 4 is 17.7 Å². The predicted molar refractivity (Wildman–Crippen MR) is 71.7 cm³/mol. The predicted octanol–water partition coefficient (Wildman–Crippen LogP) is 1.42. The maximum atomic E-state index is 12.1. The minimum atomic E-state index is -0.854. The van der Waals surface area contributed by atoms with Crippen LogP contribution in [0.3, 0.4) is 0 Å². The summed E-state index contributed by atoms with van der Waals surface area (Å²) in [5.41, 5.74) is 0.569. The highest BCUT2D eigenvalue weighted by molar-refractivity contribution is 5.89. The van der Waals surface area contributed by atoms with Crippen molar-refractivity contribution in [3.05, 3.63) is 18.3 Å². The molecule has 1 fully saturated rings. The number of pyridine rings is 1.